The average molecular weight is 212 g/mol. The minimum Gasteiger partial charge on any atom is -0.208 e. The van der Waals surface area contributed by atoms with Crippen molar-refractivity contribution in [2.24, 2.45) is 0 Å². The molecule has 1 aromatic carbocycles. The Balaban J connectivity index is 2.52. The van der Waals surface area contributed by atoms with Crippen molar-refractivity contribution in [1.29, 1.82) is 0 Å². The molecule has 5 heteroatoms. The summed E-state index contributed by atoms with van der Waals surface area (Å²) in [5.74, 6) is 0.0849. The van der Waals surface area contributed by atoms with Crippen molar-refractivity contribution in [2.45, 2.75) is 4.34 Å². The lowest BCUT2D eigenvalue weighted by Gasteiger charge is -1.95. The van der Waals surface area contributed by atoms with Crippen LogP contribution in [0, 0.1) is 5.82 Å². The van der Waals surface area contributed by atoms with Crippen LogP contribution in [-0.2, 0) is 0 Å². The summed E-state index contributed by atoms with van der Waals surface area (Å²) in [4.78, 5) is 3.97. The van der Waals surface area contributed by atoms with Gasteiger partial charge in [0.1, 0.15) is 5.82 Å². The third-order valence-corrected chi connectivity index (χ3v) is 2.39. The van der Waals surface area contributed by atoms with Gasteiger partial charge < -0.3 is 0 Å². The van der Waals surface area contributed by atoms with Crippen molar-refractivity contribution in [1.82, 2.24) is 9.36 Å². The Morgan fingerprint density at radius 1 is 1.31 bits per heavy atom. The first-order valence-corrected chi connectivity index (χ1v) is 4.77. The van der Waals surface area contributed by atoms with Gasteiger partial charge in [0.2, 0.25) is 0 Å². The van der Waals surface area contributed by atoms with Crippen LogP contribution in [0.2, 0.25) is 0 Å². The first-order valence-electron chi connectivity index (χ1n) is 3.55. The Kier molecular flexibility index (Phi) is 2.28. The topological polar surface area (TPSA) is 25.8 Å². The van der Waals surface area contributed by atoms with E-state index in [1.54, 1.807) is 18.2 Å². The first kappa shape index (κ1) is 8.65. The molecule has 0 fully saturated rings. The smallest absolute Gasteiger partial charge is 0.177 e. The highest BCUT2D eigenvalue weighted by Gasteiger charge is 2.08. The molecule has 2 rings (SSSR count). The van der Waals surface area contributed by atoms with Crippen LogP contribution in [0.4, 0.5) is 4.39 Å². The Labute approximate surface area is 84.0 Å². The lowest BCUT2D eigenvalue weighted by Crippen LogP contribution is -1.84. The minimum absolute atomic E-state index is 0.311. The Morgan fingerprint density at radius 2 is 2.08 bits per heavy atom. The molecular weight excluding hydrogens is 207 g/mol. The third kappa shape index (κ3) is 1.71. The van der Waals surface area contributed by atoms with Gasteiger partial charge in [-0.05, 0) is 23.7 Å². The van der Waals surface area contributed by atoms with Crippen LogP contribution < -0.4 is 0 Å². The van der Waals surface area contributed by atoms with Crippen LogP contribution in [0.15, 0.2) is 28.6 Å². The summed E-state index contributed by atoms with van der Waals surface area (Å²) in [6.07, 6.45) is 0. The highest BCUT2D eigenvalue weighted by molar-refractivity contribution is 7.82. The van der Waals surface area contributed by atoms with Crippen molar-refractivity contribution in [3.8, 4) is 11.4 Å². The maximum atomic E-state index is 13.2. The summed E-state index contributed by atoms with van der Waals surface area (Å²) >= 11 is 5.16. The second-order valence-corrected chi connectivity index (χ2v) is 3.86. The van der Waals surface area contributed by atoms with Crippen LogP contribution in [0.1, 0.15) is 0 Å². The van der Waals surface area contributed by atoms with Gasteiger partial charge in [-0.25, -0.2) is 9.37 Å². The van der Waals surface area contributed by atoms with Crippen molar-refractivity contribution < 1.29 is 4.39 Å². The zero-order chi connectivity index (χ0) is 9.26. The van der Waals surface area contributed by atoms with Crippen LogP contribution in [0.3, 0.4) is 0 Å². The third-order valence-electron chi connectivity index (χ3n) is 1.53. The van der Waals surface area contributed by atoms with E-state index in [1.807, 2.05) is 0 Å². The van der Waals surface area contributed by atoms with E-state index in [1.165, 1.54) is 6.07 Å². The van der Waals surface area contributed by atoms with Gasteiger partial charge in [-0.15, -0.1) is 12.6 Å². The lowest BCUT2D eigenvalue weighted by atomic mass is 10.2. The van der Waals surface area contributed by atoms with Crippen molar-refractivity contribution in [3.63, 3.8) is 0 Å². The van der Waals surface area contributed by atoms with E-state index in [0.29, 0.717) is 15.7 Å². The zero-order valence-electron chi connectivity index (χ0n) is 6.44. The molecule has 0 saturated carbocycles. The SMILES string of the molecule is Fc1ccccc1-c1nsc(S)n1. The molecule has 1 aromatic heterocycles. The number of aromatic nitrogens is 2. The van der Waals surface area contributed by atoms with E-state index in [0.717, 1.165) is 11.5 Å². The Bertz CT molecular complexity index is 428. The Hall–Kier alpha value is -0.940. The number of benzene rings is 1. The molecule has 2 nitrogen and oxygen atoms in total. The molecule has 0 unspecified atom stereocenters. The summed E-state index contributed by atoms with van der Waals surface area (Å²) in [6.45, 7) is 0. The molecule has 1 heterocycles. The van der Waals surface area contributed by atoms with Crippen LogP contribution in [0.25, 0.3) is 11.4 Å². The van der Waals surface area contributed by atoms with E-state index >= 15 is 0 Å². The van der Waals surface area contributed by atoms with Gasteiger partial charge in [0.05, 0.1) is 5.56 Å². The predicted octanol–water partition coefficient (Wildman–Crippen LogP) is 2.63. The molecule has 13 heavy (non-hydrogen) atoms. The molecule has 0 aliphatic rings. The molecule has 0 aliphatic heterocycles. The number of nitrogens with zero attached hydrogens (tertiary/aromatic N) is 2. The molecule has 0 saturated heterocycles. The fraction of sp³-hybridized carbons (Fsp3) is 0. The molecule has 0 spiro atoms. The summed E-state index contributed by atoms with van der Waals surface area (Å²) in [7, 11) is 0. The molecule has 66 valence electrons. The molecule has 0 atom stereocenters. The second-order valence-electron chi connectivity index (χ2n) is 2.38. The second kappa shape index (κ2) is 3.43. The molecule has 2 aromatic rings. The van der Waals surface area contributed by atoms with Gasteiger partial charge in [-0.2, -0.15) is 4.37 Å². The number of halogens is 1. The van der Waals surface area contributed by atoms with Crippen LogP contribution in [0.5, 0.6) is 0 Å². The maximum absolute atomic E-state index is 13.2. The van der Waals surface area contributed by atoms with E-state index in [2.05, 4.69) is 22.0 Å². The maximum Gasteiger partial charge on any atom is 0.177 e. The standard InChI is InChI=1S/C8H5FN2S2/c9-6-4-2-1-3-5(6)7-10-8(12)13-11-7/h1-4H,(H,10,11,12). The largest absolute Gasteiger partial charge is 0.208 e. The number of hydrogen-bond acceptors (Lipinski definition) is 4. The van der Waals surface area contributed by atoms with Gasteiger partial charge in [0.25, 0.3) is 0 Å². The predicted molar refractivity (Wildman–Crippen MR) is 52.6 cm³/mol. The summed E-state index contributed by atoms with van der Waals surface area (Å²) in [6, 6.07) is 6.41. The lowest BCUT2D eigenvalue weighted by molar-refractivity contribution is 0.630. The van der Waals surface area contributed by atoms with Gasteiger partial charge in [0, 0.05) is 0 Å². The summed E-state index contributed by atoms with van der Waals surface area (Å²) < 4.78 is 17.7. The number of rotatable bonds is 1. The monoisotopic (exact) mass is 212 g/mol. The molecule has 0 N–H and O–H groups in total. The molecule has 0 aliphatic carbocycles. The normalized spacial score (nSPS) is 10.3. The van der Waals surface area contributed by atoms with E-state index in [9.17, 15) is 4.39 Å². The van der Waals surface area contributed by atoms with Crippen molar-refractivity contribution in [2.75, 3.05) is 0 Å². The van der Waals surface area contributed by atoms with E-state index in [4.69, 9.17) is 0 Å². The molecule has 0 amide bonds. The van der Waals surface area contributed by atoms with Crippen LogP contribution in [-0.4, -0.2) is 9.36 Å². The van der Waals surface area contributed by atoms with E-state index in [-0.39, 0.29) is 5.82 Å². The number of hydrogen-bond donors (Lipinski definition) is 1. The average Bonchev–Trinajstić information content (AvgIpc) is 2.53. The first-order chi connectivity index (χ1) is 6.27. The highest BCUT2D eigenvalue weighted by atomic mass is 32.2. The quantitative estimate of drug-likeness (QED) is 0.735. The molecule has 0 bridgehead atoms. The van der Waals surface area contributed by atoms with Crippen molar-refractivity contribution in [3.05, 3.63) is 30.1 Å². The summed E-state index contributed by atoms with van der Waals surface area (Å²) in [5.41, 5.74) is 0.416. The summed E-state index contributed by atoms with van der Waals surface area (Å²) in [5, 5.41) is 0. The Morgan fingerprint density at radius 3 is 2.69 bits per heavy atom. The van der Waals surface area contributed by atoms with Gasteiger partial charge in [0.15, 0.2) is 10.2 Å². The minimum atomic E-state index is -0.311. The van der Waals surface area contributed by atoms with Gasteiger partial charge >= 0.3 is 0 Å². The van der Waals surface area contributed by atoms with Gasteiger partial charge in [-0.1, -0.05) is 12.1 Å². The van der Waals surface area contributed by atoms with Crippen molar-refractivity contribution >= 4 is 24.2 Å². The fourth-order valence-electron chi connectivity index (χ4n) is 0.967. The zero-order valence-corrected chi connectivity index (χ0v) is 8.15. The van der Waals surface area contributed by atoms with E-state index < -0.39 is 0 Å². The highest BCUT2D eigenvalue weighted by Crippen LogP contribution is 2.22. The van der Waals surface area contributed by atoms with Crippen LogP contribution >= 0.6 is 24.2 Å². The van der Waals surface area contributed by atoms with Gasteiger partial charge in [-0.3, -0.25) is 0 Å². The molecular formula is C8H5FN2S2. The fourth-order valence-corrected chi connectivity index (χ4v) is 1.62. The molecule has 0 radical (unpaired) electrons. The number of thiol groups is 1.